The third-order valence-corrected chi connectivity index (χ3v) is 4.63. The zero-order valence-corrected chi connectivity index (χ0v) is 14.5. The van der Waals surface area contributed by atoms with E-state index in [1.807, 2.05) is 6.92 Å². The van der Waals surface area contributed by atoms with Crippen LogP contribution in [0, 0.1) is 6.92 Å². The fourth-order valence-corrected chi connectivity index (χ4v) is 3.47. The first kappa shape index (κ1) is 15.5. The molecule has 0 spiro atoms. The molecule has 20 heavy (non-hydrogen) atoms. The van der Waals surface area contributed by atoms with Gasteiger partial charge in [-0.3, -0.25) is 0 Å². The average Bonchev–Trinajstić information content (AvgIpc) is 2.85. The molecular weight excluding hydrogens is 334 g/mol. The van der Waals surface area contributed by atoms with Crippen molar-refractivity contribution in [2.24, 2.45) is 0 Å². The number of hydrogen-bond donors (Lipinski definition) is 1. The fourth-order valence-electron chi connectivity index (χ4n) is 2.27. The van der Waals surface area contributed by atoms with E-state index in [-0.39, 0.29) is 6.04 Å². The first-order chi connectivity index (χ1) is 9.65. The van der Waals surface area contributed by atoms with Crippen molar-refractivity contribution in [3.8, 4) is 5.75 Å². The van der Waals surface area contributed by atoms with Crippen molar-refractivity contribution >= 4 is 27.3 Å². The number of ether oxygens (including phenoxy) is 1. The van der Waals surface area contributed by atoms with E-state index < -0.39 is 0 Å². The van der Waals surface area contributed by atoms with Crippen molar-refractivity contribution < 1.29 is 4.74 Å². The van der Waals surface area contributed by atoms with Gasteiger partial charge in [-0.2, -0.15) is 0 Å². The van der Waals surface area contributed by atoms with Gasteiger partial charge in [-0.25, -0.2) is 0 Å². The van der Waals surface area contributed by atoms with Crippen LogP contribution >= 0.6 is 27.3 Å². The zero-order valence-electron chi connectivity index (χ0n) is 12.1. The molecule has 1 aromatic heterocycles. The van der Waals surface area contributed by atoms with E-state index in [1.165, 1.54) is 16.7 Å². The van der Waals surface area contributed by atoms with Crippen LogP contribution in [0.4, 0.5) is 0 Å². The van der Waals surface area contributed by atoms with E-state index in [0.717, 1.165) is 16.1 Å². The van der Waals surface area contributed by atoms with Gasteiger partial charge in [-0.05, 0) is 59.4 Å². The SMILES string of the molecule is CCNC(c1csc(Br)c1)c1cc(C)ccc1OCC. The minimum Gasteiger partial charge on any atom is -0.494 e. The maximum Gasteiger partial charge on any atom is 0.124 e. The van der Waals surface area contributed by atoms with Gasteiger partial charge < -0.3 is 10.1 Å². The monoisotopic (exact) mass is 353 g/mol. The number of nitrogens with one attached hydrogen (secondary N) is 1. The Labute approximate surface area is 133 Å². The van der Waals surface area contributed by atoms with E-state index in [1.54, 1.807) is 11.3 Å². The summed E-state index contributed by atoms with van der Waals surface area (Å²) in [6.45, 7) is 7.86. The normalized spacial score (nSPS) is 12.4. The summed E-state index contributed by atoms with van der Waals surface area (Å²) in [7, 11) is 0. The number of rotatable bonds is 6. The molecule has 2 rings (SSSR count). The van der Waals surface area contributed by atoms with Gasteiger partial charge in [0, 0.05) is 5.56 Å². The summed E-state index contributed by atoms with van der Waals surface area (Å²) in [6, 6.07) is 8.73. The molecule has 1 heterocycles. The summed E-state index contributed by atoms with van der Waals surface area (Å²) >= 11 is 5.26. The van der Waals surface area contributed by atoms with E-state index in [0.29, 0.717) is 6.61 Å². The number of thiophene rings is 1. The summed E-state index contributed by atoms with van der Waals surface area (Å²) in [6.07, 6.45) is 0. The quantitative estimate of drug-likeness (QED) is 0.795. The van der Waals surface area contributed by atoms with E-state index in [2.05, 4.69) is 64.7 Å². The van der Waals surface area contributed by atoms with E-state index in [9.17, 15) is 0 Å². The van der Waals surface area contributed by atoms with Crippen LogP contribution in [0.25, 0.3) is 0 Å². The lowest BCUT2D eigenvalue weighted by molar-refractivity contribution is 0.333. The summed E-state index contributed by atoms with van der Waals surface area (Å²) in [5.41, 5.74) is 3.73. The Bertz CT molecular complexity index is 567. The van der Waals surface area contributed by atoms with Gasteiger partial charge in [0.05, 0.1) is 16.4 Å². The Balaban J connectivity index is 2.45. The Morgan fingerprint density at radius 3 is 2.70 bits per heavy atom. The molecule has 0 amide bonds. The lowest BCUT2D eigenvalue weighted by Gasteiger charge is -2.21. The molecule has 0 fully saturated rings. The molecule has 1 atom stereocenters. The summed E-state index contributed by atoms with van der Waals surface area (Å²) in [5, 5.41) is 5.75. The first-order valence-corrected chi connectivity index (χ1v) is 8.53. The summed E-state index contributed by atoms with van der Waals surface area (Å²) < 4.78 is 6.95. The van der Waals surface area contributed by atoms with Gasteiger partial charge in [-0.15, -0.1) is 11.3 Å². The van der Waals surface area contributed by atoms with Crippen LogP contribution in [0.5, 0.6) is 5.75 Å². The molecule has 0 aliphatic rings. The third-order valence-electron chi connectivity index (χ3n) is 3.11. The van der Waals surface area contributed by atoms with Crippen molar-refractivity contribution in [1.29, 1.82) is 0 Å². The largest absolute Gasteiger partial charge is 0.494 e. The molecule has 1 unspecified atom stereocenters. The van der Waals surface area contributed by atoms with Crippen molar-refractivity contribution in [3.63, 3.8) is 0 Å². The van der Waals surface area contributed by atoms with Crippen LogP contribution < -0.4 is 10.1 Å². The predicted molar refractivity (Wildman–Crippen MR) is 89.9 cm³/mol. The molecule has 0 saturated carbocycles. The van der Waals surface area contributed by atoms with Gasteiger partial charge >= 0.3 is 0 Å². The lowest BCUT2D eigenvalue weighted by Crippen LogP contribution is -2.22. The minimum absolute atomic E-state index is 0.170. The Morgan fingerprint density at radius 2 is 2.10 bits per heavy atom. The Hall–Kier alpha value is -0.840. The highest BCUT2D eigenvalue weighted by molar-refractivity contribution is 9.11. The smallest absolute Gasteiger partial charge is 0.124 e. The van der Waals surface area contributed by atoms with Crippen molar-refractivity contribution in [1.82, 2.24) is 5.32 Å². The highest BCUT2D eigenvalue weighted by atomic mass is 79.9. The highest BCUT2D eigenvalue weighted by Crippen LogP contribution is 2.34. The number of aryl methyl sites for hydroxylation is 1. The number of benzene rings is 1. The van der Waals surface area contributed by atoms with E-state index >= 15 is 0 Å². The predicted octanol–water partition coefficient (Wildman–Crippen LogP) is 4.92. The van der Waals surface area contributed by atoms with E-state index in [4.69, 9.17) is 4.74 Å². The molecule has 0 aliphatic carbocycles. The van der Waals surface area contributed by atoms with Crippen LogP contribution in [0.15, 0.2) is 33.4 Å². The molecule has 2 aromatic rings. The second-order valence-electron chi connectivity index (χ2n) is 4.65. The molecule has 108 valence electrons. The molecule has 1 N–H and O–H groups in total. The maximum absolute atomic E-state index is 5.80. The highest BCUT2D eigenvalue weighted by Gasteiger charge is 2.19. The van der Waals surface area contributed by atoms with Gasteiger partial charge in [0.2, 0.25) is 0 Å². The van der Waals surface area contributed by atoms with Crippen molar-refractivity contribution in [2.45, 2.75) is 26.8 Å². The fraction of sp³-hybridized carbons (Fsp3) is 0.375. The molecule has 4 heteroatoms. The van der Waals surface area contributed by atoms with Crippen LogP contribution in [-0.2, 0) is 0 Å². The molecule has 1 aromatic carbocycles. The van der Waals surface area contributed by atoms with Gasteiger partial charge in [-0.1, -0.05) is 24.6 Å². The Morgan fingerprint density at radius 1 is 1.30 bits per heavy atom. The second-order valence-corrected chi connectivity index (χ2v) is 6.94. The number of hydrogen-bond acceptors (Lipinski definition) is 3. The summed E-state index contributed by atoms with van der Waals surface area (Å²) in [5.74, 6) is 0.964. The molecule has 2 nitrogen and oxygen atoms in total. The van der Waals surface area contributed by atoms with Crippen molar-refractivity contribution in [2.75, 3.05) is 13.2 Å². The molecule has 0 saturated heterocycles. The molecule has 0 bridgehead atoms. The van der Waals surface area contributed by atoms with Crippen molar-refractivity contribution in [3.05, 3.63) is 50.1 Å². The third kappa shape index (κ3) is 3.62. The van der Waals surface area contributed by atoms with Gasteiger partial charge in [0.1, 0.15) is 5.75 Å². The average molecular weight is 354 g/mol. The molecule has 0 radical (unpaired) electrons. The zero-order chi connectivity index (χ0) is 14.5. The minimum atomic E-state index is 0.170. The van der Waals surface area contributed by atoms with Crippen LogP contribution in [0.2, 0.25) is 0 Å². The summed E-state index contributed by atoms with van der Waals surface area (Å²) in [4.78, 5) is 0. The van der Waals surface area contributed by atoms with Crippen LogP contribution in [0.3, 0.4) is 0 Å². The lowest BCUT2D eigenvalue weighted by atomic mass is 9.98. The van der Waals surface area contributed by atoms with Crippen LogP contribution in [0.1, 0.15) is 36.6 Å². The standard InChI is InChI=1S/C16H20BrNOS/c1-4-18-16(12-9-15(17)20-10-12)13-8-11(3)6-7-14(13)19-5-2/h6-10,16,18H,4-5H2,1-3H3. The molecule has 0 aliphatic heterocycles. The maximum atomic E-state index is 5.80. The Kier molecular flexibility index (Phi) is 5.64. The number of halogens is 1. The topological polar surface area (TPSA) is 21.3 Å². The van der Waals surface area contributed by atoms with Gasteiger partial charge in [0.25, 0.3) is 0 Å². The van der Waals surface area contributed by atoms with Crippen LogP contribution in [-0.4, -0.2) is 13.2 Å². The van der Waals surface area contributed by atoms with Gasteiger partial charge in [0.15, 0.2) is 0 Å². The first-order valence-electron chi connectivity index (χ1n) is 6.86. The molecular formula is C16H20BrNOS. The second kappa shape index (κ2) is 7.25.